The van der Waals surface area contributed by atoms with Crippen molar-refractivity contribution in [1.29, 1.82) is 0 Å². The highest BCUT2D eigenvalue weighted by molar-refractivity contribution is 8.00. The molecule has 6 nitrogen and oxygen atoms in total. The Morgan fingerprint density at radius 3 is 2.75 bits per heavy atom. The van der Waals surface area contributed by atoms with Crippen LogP contribution in [0.4, 0.5) is 5.69 Å². The molecule has 1 amide bonds. The van der Waals surface area contributed by atoms with Gasteiger partial charge in [0.1, 0.15) is 0 Å². The molecule has 0 aliphatic carbocycles. The Labute approximate surface area is 148 Å². The number of halogens is 1. The molecule has 0 saturated heterocycles. The number of rotatable bonds is 5. The zero-order valence-electron chi connectivity index (χ0n) is 12.7. The van der Waals surface area contributed by atoms with Crippen molar-refractivity contribution in [2.75, 3.05) is 5.32 Å². The summed E-state index contributed by atoms with van der Waals surface area (Å²) < 4.78 is 0. The lowest BCUT2D eigenvalue weighted by atomic mass is 10.3. The Bertz CT molecular complexity index is 839. The summed E-state index contributed by atoms with van der Waals surface area (Å²) in [5.41, 5.74) is 1.47. The largest absolute Gasteiger partial charge is 0.324 e. The first-order valence-electron chi connectivity index (χ1n) is 7.18. The fourth-order valence-electron chi connectivity index (χ4n) is 1.95. The van der Waals surface area contributed by atoms with Crippen molar-refractivity contribution in [2.24, 2.45) is 0 Å². The molecule has 0 unspecified atom stereocenters. The summed E-state index contributed by atoms with van der Waals surface area (Å²) >= 11 is 7.32. The Kier molecular flexibility index (Phi) is 5.12. The van der Waals surface area contributed by atoms with Crippen LogP contribution in [0, 0.1) is 0 Å². The molecule has 2 aromatic heterocycles. The van der Waals surface area contributed by atoms with Gasteiger partial charge in [0, 0.05) is 18.0 Å². The van der Waals surface area contributed by atoms with Gasteiger partial charge >= 0.3 is 0 Å². The molecule has 0 bridgehead atoms. The molecule has 0 aliphatic heterocycles. The van der Waals surface area contributed by atoms with Crippen LogP contribution in [0.3, 0.4) is 0 Å². The summed E-state index contributed by atoms with van der Waals surface area (Å²) in [6, 6.07) is 10.8. The minimum Gasteiger partial charge on any atom is -0.324 e. The number of nitrogens with one attached hydrogen (secondary N) is 2. The Balaban J connectivity index is 1.65. The number of H-pyrrole nitrogens is 1. The van der Waals surface area contributed by atoms with Gasteiger partial charge in [-0.3, -0.25) is 14.9 Å². The molecule has 3 rings (SSSR count). The number of nitrogens with zero attached hydrogens (tertiary/aromatic N) is 3. The van der Waals surface area contributed by atoms with E-state index in [2.05, 4.69) is 25.5 Å². The predicted octanol–water partition coefficient (Wildman–Crippen LogP) is 3.64. The van der Waals surface area contributed by atoms with Crippen LogP contribution in [0.25, 0.3) is 11.4 Å². The van der Waals surface area contributed by atoms with E-state index in [4.69, 9.17) is 11.6 Å². The zero-order chi connectivity index (χ0) is 16.9. The molecule has 1 atom stereocenters. The number of para-hydroxylation sites is 1. The van der Waals surface area contributed by atoms with Gasteiger partial charge in [-0.05, 0) is 31.2 Å². The zero-order valence-corrected chi connectivity index (χ0v) is 14.3. The smallest absolute Gasteiger partial charge is 0.237 e. The Morgan fingerprint density at radius 2 is 2.00 bits per heavy atom. The number of pyridine rings is 1. The van der Waals surface area contributed by atoms with Gasteiger partial charge < -0.3 is 5.32 Å². The number of hydrogen-bond donors (Lipinski definition) is 2. The standard InChI is InChI=1S/C16H14ClN5OS/c1-10(15(23)19-13-5-3-2-4-12(13)17)24-16-20-14(21-22-16)11-6-8-18-9-7-11/h2-10H,1H3,(H,19,23)(H,20,21,22)/t10-/m1/s1. The van der Waals surface area contributed by atoms with Gasteiger partial charge in [0.2, 0.25) is 11.1 Å². The van der Waals surface area contributed by atoms with Gasteiger partial charge in [-0.15, -0.1) is 5.10 Å². The van der Waals surface area contributed by atoms with Gasteiger partial charge in [-0.25, -0.2) is 4.98 Å². The van der Waals surface area contributed by atoms with Gasteiger partial charge in [-0.1, -0.05) is 35.5 Å². The fourth-order valence-corrected chi connectivity index (χ4v) is 2.85. The molecule has 0 fully saturated rings. The first-order chi connectivity index (χ1) is 11.6. The van der Waals surface area contributed by atoms with Crippen molar-refractivity contribution < 1.29 is 4.79 Å². The van der Waals surface area contributed by atoms with Gasteiger partial charge in [-0.2, -0.15) is 0 Å². The molecule has 0 spiro atoms. The molecule has 0 aliphatic rings. The summed E-state index contributed by atoms with van der Waals surface area (Å²) in [6.45, 7) is 1.79. The van der Waals surface area contributed by atoms with E-state index in [0.717, 1.165) is 5.56 Å². The van der Waals surface area contributed by atoms with Crippen molar-refractivity contribution in [3.05, 3.63) is 53.8 Å². The van der Waals surface area contributed by atoms with Crippen LogP contribution in [0.15, 0.2) is 53.9 Å². The van der Waals surface area contributed by atoms with E-state index in [0.29, 0.717) is 21.7 Å². The monoisotopic (exact) mass is 359 g/mol. The molecule has 3 aromatic rings. The van der Waals surface area contributed by atoms with Crippen molar-refractivity contribution in [2.45, 2.75) is 17.3 Å². The van der Waals surface area contributed by atoms with E-state index in [1.807, 2.05) is 24.3 Å². The minimum absolute atomic E-state index is 0.164. The lowest BCUT2D eigenvalue weighted by Crippen LogP contribution is -2.22. The summed E-state index contributed by atoms with van der Waals surface area (Å²) in [4.78, 5) is 20.6. The number of amides is 1. The highest BCUT2D eigenvalue weighted by Crippen LogP contribution is 2.25. The molecular formula is C16H14ClN5OS. The second kappa shape index (κ2) is 7.46. The van der Waals surface area contributed by atoms with E-state index in [-0.39, 0.29) is 11.2 Å². The van der Waals surface area contributed by atoms with Gasteiger partial charge in [0.05, 0.1) is 16.0 Å². The molecule has 122 valence electrons. The predicted molar refractivity (Wildman–Crippen MR) is 95.0 cm³/mol. The second-order valence-corrected chi connectivity index (χ2v) is 6.65. The van der Waals surface area contributed by atoms with E-state index in [9.17, 15) is 4.79 Å². The van der Waals surface area contributed by atoms with Crippen LogP contribution < -0.4 is 5.32 Å². The summed E-state index contributed by atoms with van der Waals surface area (Å²) in [5, 5.41) is 10.4. The molecular weight excluding hydrogens is 346 g/mol. The van der Waals surface area contributed by atoms with Crippen molar-refractivity contribution >= 4 is 35.0 Å². The third-order valence-electron chi connectivity index (χ3n) is 3.20. The Hall–Kier alpha value is -2.38. The number of aromatic nitrogens is 4. The normalized spacial score (nSPS) is 11.9. The quantitative estimate of drug-likeness (QED) is 0.679. The van der Waals surface area contributed by atoms with Crippen molar-refractivity contribution in [1.82, 2.24) is 20.2 Å². The number of anilines is 1. The maximum Gasteiger partial charge on any atom is 0.237 e. The lowest BCUT2D eigenvalue weighted by molar-refractivity contribution is -0.115. The summed E-state index contributed by atoms with van der Waals surface area (Å²) in [7, 11) is 0. The highest BCUT2D eigenvalue weighted by Gasteiger charge is 2.18. The van der Waals surface area contributed by atoms with Gasteiger partial charge in [0.25, 0.3) is 0 Å². The SMILES string of the molecule is C[C@@H](Sc1n[nH]c(-c2ccncc2)n1)C(=O)Nc1ccccc1Cl. The van der Waals surface area contributed by atoms with Crippen molar-refractivity contribution in [3.8, 4) is 11.4 Å². The minimum atomic E-state index is -0.373. The summed E-state index contributed by atoms with van der Waals surface area (Å²) in [5.74, 6) is 0.474. The number of benzene rings is 1. The fraction of sp³-hybridized carbons (Fsp3) is 0.125. The van der Waals surface area contributed by atoms with E-state index in [1.54, 1.807) is 31.5 Å². The number of hydrogen-bond acceptors (Lipinski definition) is 5. The summed E-state index contributed by atoms with van der Waals surface area (Å²) in [6.07, 6.45) is 3.37. The van der Waals surface area contributed by atoms with Crippen LogP contribution in [0.5, 0.6) is 0 Å². The first-order valence-corrected chi connectivity index (χ1v) is 8.44. The number of thioether (sulfide) groups is 1. The third-order valence-corrected chi connectivity index (χ3v) is 4.49. The first kappa shape index (κ1) is 16.5. The van der Waals surface area contributed by atoms with Crippen LogP contribution in [0.2, 0.25) is 5.02 Å². The van der Waals surface area contributed by atoms with E-state index < -0.39 is 0 Å². The number of aromatic amines is 1. The maximum atomic E-state index is 12.3. The van der Waals surface area contributed by atoms with Crippen molar-refractivity contribution in [3.63, 3.8) is 0 Å². The van der Waals surface area contributed by atoms with E-state index >= 15 is 0 Å². The topological polar surface area (TPSA) is 83.6 Å². The average Bonchev–Trinajstić information content (AvgIpc) is 3.06. The van der Waals surface area contributed by atoms with Crippen LogP contribution in [-0.2, 0) is 4.79 Å². The lowest BCUT2D eigenvalue weighted by Gasteiger charge is -2.11. The highest BCUT2D eigenvalue weighted by atomic mass is 35.5. The maximum absolute atomic E-state index is 12.3. The average molecular weight is 360 g/mol. The van der Waals surface area contributed by atoms with Gasteiger partial charge in [0.15, 0.2) is 5.82 Å². The molecule has 0 radical (unpaired) electrons. The molecule has 2 heterocycles. The number of carbonyl (C=O) groups is 1. The molecule has 2 N–H and O–H groups in total. The van der Waals surface area contributed by atoms with Crippen LogP contribution in [-0.4, -0.2) is 31.3 Å². The Morgan fingerprint density at radius 1 is 1.25 bits per heavy atom. The molecule has 24 heavy (non-hydrogen) atoms. The second-order valence-electron chi connectivity index (χ2n) is 4.93. The van der Waals surface area contributed by atoms with Crippen LogP contribution in [0.1, 0.15) is 6.92 Å². The number of carbonyl (C=O) groups excluding carboxylic acids is 1. The molecule has 8 heteroatoms. The van der Waals surface area contributed by atoms with Crippen LogP contribution >= 0.6 is 23.4 Å². The van der Waals surface area contributed by atoms with E-state index in [1.165, 1.54) is 11.8 Å². The third kappa shape index (κ3) is 3.93. The molecule has 1 aromatic carbocycles. The molecule has 0 saturated carbocycles.